The zero-order valence-corrected chi connectivity index (χ0v) is 13.9. The fraction of sp³-hybridized carbons (Fsp3) is 0.167. The van der Waals surface area contributed by atoms with Crippen molar-refractivity contribution in [3.8, 4) is 22.8 Å². The van der Waals surface area contributed by atoms with Crippen LogP contribution in [0.2, 0.25) is 0 Å². The molecule has 0 radical (unpaired) electrons. The SMILES string of the molecule is O=[N+]([O-])c1ccc2nc(-c3ccc(OCCCCl)cc3)c(O)cc2c1. The van der Waals surface area contributed by atoms with Crippen molar-refractivity contribution in [1.29, 1.82) is 0 Å². The number of non-ortho nitro benzene ring substituents is 1. The number of nitro benzene ring substituents is 1. The standard InChI is InChI=1S/C18H15ClN2O4/c19-8-1-9-25-15-5-2-12(3-6-15)18-17(22)11-13-10-14(21(23)24)4-7-16(13)20-18/h2-7,10-11,22H,1,8-9H2. The van der Waals surface area contributed by atoms with Gasteiger partial charge in [0.05, 0.1) is 17.0 Å². The molecule has 0 saturated heterocycles. The Balaban J connectivity index is 1.91. The van der Waals surface area contributed by atoms with Gasteiger partial charge in [-0.3, -0.25) is 10.1 Å². The zero-order chi connectivity index (χ0) is 17.8. The van der Waals surface area contributed by atoms with Crippen LogP contribution in [-0.2, 0) is 0 Å². The van der Waals surface area contributed by atoms with E-state index in [9.17, 15) is 15.2 Å². The van der Waals surface area contributed by atoms with Crippen LogP contribution in [0.5, 0.6) is 11.5 Å². The van der Waals surface area contributed by atoms with E-state index >= 15 is 0 Å². The van der Waals surface area contributed by atoms with Crippen molar-refractivity contribution in [2.24, 2.45) is 0 Å². The highest BCUT2D eigenvalue weighted by molar-refractivity contribution is 6.17. The molecule has 7 heteroatoms. The van der Waals surface area contributed by atoms with Crippen molar-refractivity contribution in [3.63, 3.8) is 0 Å². The van der Waals surface area contributed by atoms with Gasteiger partial charge in [-0.15, -0.1) is 11.6 Å². The molecule has 6 nitrogen and oxygen atoms in total. The van der Waals surface area contributed by atoms with Crippen LogP contribution < -0.4 is 4.74 Å². The molecule has 0 bridgehead atoms. The third kappa shape index (κ3) is 3.80. The number of ether oxygens (including phenoxy) is 1. The first-order chi connectivity index (χ1) is 12.1. The number of aromatic hydroxyl groups is 1. The molecule has 0 amide bonds. The summed E-state index contributed by atoms with van der Waals surface area (Å²) in [6.07, 6.45) is 0.766. The molecule has 0 aliphatic carbocycles. The summed E-state index contributed by atoms with van der Waals surface area (Å²) in [6, 6.07) is 13.0. The number of aromatic nitrogens is 1. The van der Waals surface area contributed by atoms with Crippen LogP contribution in [0.1, 0.15) is 6.42 Å². The third-order valence-corrected chi connectivity index (χ3v) is 3.93. The molecular weight excluding hydrogens is 344 g/mol. The third-order valence-electron chi connectivity index (χ3n) is 3.66. The average molecular weight is 359 g/mol. The minimum absolute atomic E-state index is 0.0381. The quantitative estimate of drug-likeness (QED) is 0.303. The Morgan fingerprint density at radius 3 is 2.60 bits per heavy atom. The lowest BCUT2D eigenvalue weighted by atomic mass is 10.1. The predicted molar refractivity (Wildman–Crippen MR) is 96.3 cm³/mol. The zero-order valence-electron chi connectivity index (χ0n) is 13.2. The van der Waals surface area contributed by atoms with Crippen molar-refractivity contribution >= 4 is 28.2 Å². The Hall–Kier alpha value is -2.86. The van der Waals surface area contributed by atoms with Gasteiger partial charge in [0.1, 0.15) is 17.2 Å². The molecule has 1 N–H and O–H groups in total. The van der Waals surface area contributed by atoms with Gasteiger partial charge in [0.2, 0.25) is 0 Å². The van der Waals surface area contributed by atoms with Crippen LogP contribution in [0, 0.1) is 10.1 Å². The van der Waals surface area contributed by atoms with E-state index in [2.05, 4.69) is 4.98 Å². The van der Waals surface area contributed by atoms with Crippen LogP contribution >= 0.6 is 11.6 Å². The smallest absolute Gasteiger partial charge is 0.270 e. The molecule has 0 spiro atoms. The summed E-state index contributed by atoms with van der Waals surface area (Å²) in [5.41, 5.74) is 1.66. The van der Waals surface area contributed by atoms with E-state index in [4.69, 9.17) is 16.3 Å². The highest BCUT2D eigenvalue weighted by atomic mass is 35.5. The van der Waals surface area contributed by atoms with Gasteiger partial charge in [-0.25, -0.2) is 4.98 Å². The van der Waals surface area contributed by atoms with Gasteiger partial charge in [-0.05, 0) is 42.8 Å². The van der Waals surface area contributed by atoms with E-state index < -0.39 is 4.92 Å². The predicted octanol–water partition coefficient (Wildman–Crippen LogP) is 4.52. The molecule has 25 heavy (non-hydrogen) atoms. The minimum Gasteiger partial charge on any atom is -0.506 e. The number of fused-ring (bicyclic) bond motifs is 1. The number of benzene rings is 2. The maximum absolute atomic E-state index is 10.8. The maximum Gasteiger partial charge on any atom is 0.270 e. The number of rotatable bonds is 6. The summed E-state index contributed by atoms with van der Waals surface area (Å²) in [6.45, 7) is 0.543. The molecular formula is C18H15ClN2O4. The van der Waals surface area contributed by atoms with E-state index in [0.29, 0.717) is 34.8 Å². The molecule has 0 fully saturated rings. The van der Waals surface area contributed by atoms with Crippen molar-refractivity contribution < 1.29 is 14.8 Å². The second-order valence-electron chi connectivity index (χ2n) is 5.41. The Kier molecular flexibility index (Phi) is 5.00. The minimum atomic E-state index is -0.479. The van der Waals surface area contributed by atoms with Gasteiger partial charge < -0.3 is 9.84 Å². The summed E-state index contributed by atoms with van der Waals surface area (Å²) >= 11 is 5.61. The Morgan fingerprint density at radius 2 is 1.92 bits per heavy atom. The van der Waals surface area contributed by atoms with E-state index in [-0.39, 0.29) is 11.4 Å². The highest BCUT2D eigenvalue weighted by Crippen LogP contribution is 2.32. The Bertz CT molecular complexity index is 913. The largest absolute Gasteiger partial charge is 0.506 e. The number of pyridine rings is 1. The summed E-state index contributed by atoms with van der Waals surface area (Å²) in [4.78, 5) is 14.8. The Morgan fingerprint density at radius 1 is 1.16 bits per heavy atom. The molecule has 1 heterocycles. The Labute approximate surface area is 148 Å². The second kappa shape index (κ2) is 7.36. The van der Waals surface area contributed by atoms with Crippen molar-refractivity contribution in [2.45, 2.75) is 6.42 Å². The van der Waals surface area contributed by atoms with Crippen LogP contribution in [0.3, 0.4) is 0 Å². The molecule has 0 unspecified atom stereocenters. The molecule has 2 aromatic carbocycles. The monoisotopic (exact) mass is 358 g/mol. The average Bonchev–Trinajstić information content (AvgIpc) is 2.61. The number of nitrogens with zero attached hydrogens (tertiary/aromatic N) is 2. The van der Waals surface area contributed by atoms with Crippen LogP contribution in [0.15, 0.2) is 48.5 Å². The van der Waals surface area contributed by atoms with E-state index in [1.807, 2.05) is 0 Å². The van der Waals surface area contributed by atoms with Crippen LogP contribution in [-0.4, -0.2) is 27.5 Å². The van der Waals surface area contributed by atoms with E-state index in [1.165, 1.54) is 18.2 Å². The lowest BCUT2D eigenvalue weighted by Crippen LogP contribution is -1.97. The molecule has 128 valence electrons. The molecule has 0 aliphatic heterocycles. The van der Waals surface area contributed by atoms with E-state index in [0.717, 1.165) is 12.0 Å². The van der Waals surface area contributed by atoms with E-state index in [1.54, 1.807) is 30.3 Å². The van der Waals surface area contributed by atoms with Crippen molar-refractivity contribution in [2.75, 3.05) is 12.5 Å². The van der Waals surface area contributed by atoms with Crippen LogP contribution in [0.4, 0.5) is 5.69 Å². The number of nitro groups is 1. The summed E-state index contributed by atoms with van der Waals surface area (Å²) in [5, 5.41) is 21.6. The van der Waals surface area contributed by atoms with Gasteiger partial charge in [0, 0.05) is 29.0 Å². The second-order valence-corrected chi connectivity index (χ2v) is 5.78. The molecule has 1 aromatic heterocycles. The topological polar surface area (TPSA) is 85.5 Å². The van der Waals surface area contributed by atoms with Gasteiger partial charge >= 0.3 is 0 Å². The normalized spacial score (nSPS) is 10.8. The van der Waals surface area contributed by atoms with Gasteiger partial charge in [-0.2, -0.15) is 0 Å². The van der Waals surface area contributed by atoms with Gasteiger partial charge in [-0.1, -0.05) is 0 Å². The fourth-order valence-corrected chi connectivity index (χ4v) is 2.54. The number of alkyl halides is 1. The van der Waals surface area contributed by atoms with Crippen molar-refractivity contribution in [1.82, 2.24) is 4.98 Å². The fourth-order valence-electron chi connectivity index (χ4n) is 2.43. The van der Waals surface area contributed by atoms with Crippen LogP contribution in [0.25, 0.3) is 22.2 Å². The lowest BCUT2D eigenvalue weighted by Gasteiger charge is -2.08. The molecule has 0 atom stereocenters. The number of halogens is 1. The summed E-state index contributed by atoms with van der Waals surface area (Å²) < 4.78 is 5.54. The van der Waals surface area contributed by atoms with Gasteiger partial charge in [0.25, 0.3) is 5.69 Å². The molecule has 0 saturated carbocycles. The summed E-state index contributed by atoms with van der Waals surface area (Å²) in [5.74, 6) is 1.22. The molecule has 3 aromatic rings. The maximum atomic E-state index is 10.8. The number of hydrogen-bond donors (Lipinski definition) is 1. The highest BCUT2D eigenvalue weighted by Gasteiger charge is 2.12. The lowest BCUT2D eigenvalue weighted by molar-refractivity contribution is -0.384. The summed E-state index contributed by atoms with van der Waals surface area (Å²) in [7, 11) is 0. The van der Waals surface area contributed by atoms with Gasteiger partial charge in [0.15, 0.2) is 0 Å². The molecule has 0 aliphatic rings. The first-order valence-corrected chi connectivity index (χ1v) is 8.19. The van der Waals surface area contributed by atoms with Crippen molar-refractivity contribution in [3.05, 3.63) is 58.6 Å². The number of hydrogen-bond acceptors (Lipinski definition) is 5. The molecule has 3 rings (SSSR count). The first kappa shape index (κ1) is 17.0. The first-order valence-electron chi connectivity index (χ1n) is 7.66.